The molecule has 0 aromatic heterocycles. The number of aliphatic carboxylic acids is 1. The number of ether oxygens (including phenoxy) is 3. The summed E-state index contributed by atoms with van der Waals surface area (Å²) in [5.74, 6) is 0.395. The molecular formula is C33H34Cl2N4O7. The number of hydrogen-bond acceptors (Lipinski definition) is 10. The van der Waals surface area contributed by atoms with Gasteiger partial charge in [0.25, 0.3) is 0 Å². The summed E-state index contributed by atoms with van der Waals surface area (Å²) in [6.45, 7) is 0.720. The molecule has 0 heterocycles. The maximum atomic E-state index is 11.0. The fourth-order valence-electron chi connectivity index (χ4n) is 4.51. The Balaban J connectivity index is 1.41. The minimum Gasteiger partial charge on any atom is -0.494 e. The van der Waals surface area contributed by atoms with E-state index in [2.05, 4.69) is 10.5 Å². The summed E-state index contributed by atoms with van der Waals surface area (Å²) in [4.78, 5) is 21.8. The van der Waals surface area contributed by atoms with E-state index in [1.807, 2.05) is 42.5 Å². The molecule has 0 bridgehead atoms. The Morgan fingerprint density at radius 1 is 0.935 bits per heavy atom. The Morgan fingerprint density at radius 3 is 2.43 bits per heavy atom. The van der Waals surface area contributed by atoms with Gasteiger partial charge in [0.05, 0.1) is 28.9 Å². The monoisotopic (exact) mass is 668 g/mol. The number of nitroso groups, excluding NO2 is 1. The van der Waals surface area contributed by atoms with Gasteiger partial charge >= 0.3 is 5.97 Å². The first-order valence-electron chi connectivity index (χ1n) is 14.3. The predicted octanol–water partition coefficient (Wildman–Crippen LogP) is 6.06. The molecule has 46 heavy (non-hydrogen) atoms. The molecule has 7 N–H and O–H groups in total. The average molecular weight is 670 g/mol. The van der Waals surface area contributed by atoms with Crippen molar-refractivity contribution in [2.75, 3.05) is 25.5 Å². The van der Waals surface area contributed by atoms with E-state index in [0.717, 1.165) is 22.3 Å². The number of hydrogen-bond donors (Lipinski definition) is 5. The fourth-order valence-corrected chi connectivity index (χ4v) is 5.04. The standard InChI is InChI=1S/C33H34Cl2N4O7/c34-26-14-23(16-36)30(45-18-20-8-9-28(39-43)27(37)12-20)15-31(26)46-19-22-5-2-7-25(32(22)35)21-4-1-6-24(13-21)44-11-3-10-38-29(17-40)33(41)42/h1-2,4-9,12-15,29,38,40H,3,10-11,16-19,36-37H2,(H,41,42). The fraction of sp³-hybridized carbons (Fsp3) is 0.242. The molecule has 11 nitrogen and oxygen atoms in total. The van der Waals surface area contributed by atoms with Crippen molar-refractivity contribution in [1.29, 1.82) is 0 Å². The van der Waals surface area contributed by atoms with Crippen LogP contribution in [0.5, 0.6) is 17.2 Å². The molecule has 1 atom stereocenters. The molecule has 0 saturated heterocycles. The second-order valence-corrected chi connectivity index (χ2v) is 11.0. The number of aliphatic hydroxyl groups is 1. The number of nitrogens with zero attached hydrogens (tertiary/aromatic N) is 1. The summed E-state index contributed by atoms with van der Waals surface area (Å²) >= 11 is 13.4. The number of nitrogens with two attached hydrogens (primary N) is 2. The molecule has 0 aliphatic heterocycles. The van der Waals surface area contributed by atoms with Crippen LogP contribution in [0.3, 0.4) is 0 Å². The van der Waals surface area contributed by atoms with Crippen LogP contribution in [0.4, 0.5) is 11.4 Å². The quantitative estimate of drug-likeness (QED) is 0.0504. The minimum absolute atomic E-state index is 0.124. The Labute approximate surface area is 276 Å². The summed E-state index contributed by atoms with van der Waals surface area (Å²) < 4.78 is 17.9. The number of aliphatic hydroxyl groups excluding tert-OH is 1. The third kappa shape index (κ3) is 9.09. The van der Waals surface area contributed by atoms with Crippen LogP contribution in [0.1, 0.15) is 23.1 Å². The van der Waals surface area contributed by atoms with Gasteiger partial charge in [-0.2, -0.15) is 0 Å². The lowest BCUT2D eigenvalue weighted by atomic mass is 10.0. The summed E-state index contributed by atoms with van der Waals surface area (Å²) in [5.41, 5.74) is 16.0. The molecule has 0 aliphatic carbocycles. The van der Waals surface area contributed by atoms with Crippen molar-refractivity contribution in [1.82, 2.24) is 5.32 Å². The van der Waals surface area contributed by atoms with Crippen molar-refractivity contribution in [2.24, 2.45) is 10.9 Å². The molecule has 0 aliphatic rings. The van der Waals surface area contributed by atoms with Crippen LogP contribution in [-0.2, 0) is 24.6 Å². The maximum Gasteiger partial charge on any atom is 0.323 e. The SMILES string of the molecule is NCc1cc(Cl)c(OCc2cccc(-c3cccc(OCCCNC(CO)C(=O)O)c3)c2Cl)cc1OCc1ccc(N=O)c(N)c1. The number of benzene rings is 4. The first kappa shape index (κ1) is 34.5. The van der Waals surface area contributed by atoms with E-state index in [1.165, 1.54) is 6.07 Å². The van der Waals surface area contributed by atoms with Crippen LogP contribution in [0.25, 0.3) is 11.1 Å². The molecule has 4 rings (SSSR count). The number of halogens is 2. The van der Waals surface area contributed by atoms with Crippen LogP contribution < -0.4 is 31.0 Å². The van der Waals surface area contributed by atoms with Gasteiger partial charge in [0, 0.05) is 29.3 Å². The lowest BCUT2D eigenvalue weighted by Gasteiger charge is -2.16. The number of carbonyl (C=O) groups is 1. The van der Waals surface area contributed by atoms with Crippen molar-refractivity contribution < 1.29 is 29.2 Å². The topological polar surface area (TPSA) is 179 Å². The average Bonchev–Trinajstić information content (AvgIpc) is 3.05. The largest absolute Gasteiger partial charge is 0.494 e. The normalized spacial score (nSPS) is 11.6. The van der Waals surface area contributed by atoms with E-state index >= 15 is 0 Å². The number of rotatable bonds is 17. The first-order chi connectivity index (χ1) is 22.2. The lowest BCUT2D eigenvalue weighted by Crippen LogP contribution is -2.40. The molecule has 0 saturated carbocycles. The molecule has 0 amide bonds. The van der Waals surface area contributed by atoms with E-state index < -0.39 is 18.6 Å². The number of carboxylic acid groups (broad SMARTS) is 1. The van der Waals surface area contributed by atoms with Crippen molar-refractivity contribution in [3.05, 3.63) is 104 Å². The maximum absolute atomic E-state index is 11.0. The highest BCUT2D eigenvalue weighted by atomic mass is 35.5. The van der Waals surface area contributed by atoms with Gasteiger partial charge in [-0.3, -0.25) is 4.79 Å². The van der Waals surface area contributed by atoms with E-state index in [9.17, 15) is 9.70 Å². The van der Waals surface area contributed by atoms with Crippen LogP contribution in [0.15, 0.2) is 78.0 Å². The van der Waals surface area contributed by atoms with Gasteiger partial charge < -0.3 is 41.2 Å². The van der Waals surface area contributed by atoms with Gasteiger partial charge in [0.2, 0.25) is 0 Å². The number of carboxylic acids is 1. The molecule has 0 spiro atoms. The summed E-state index contributed by atoms with van der Waals surface area (Å²) in [6.07, 6.45) is 0.546. The molecule has 0 fully saturated rings. The van der Waals surface area contributed by atoms with Crippen LogP contribution >= 0.6 is 23.2 Å². The van der Waals surface area contributed by atoms with Crippen LogP contribution in [0, 0.1) is 4.91 Å². The van der Waals surface area contributed by atoms with Crippen molar-refractivity contribution >= 4 is 40.5 Å². The molecule has 0 radical (unpaired) electrons. The number of anilines is 1. The van der Waals surface area contributed by atoms with Gasteiger partial charge in [-0.05, 0) is 59.6 Å². The molecule has 13 heteroatoms. The zero-order valence-electron chi connectivity index (χ0n) is 24.7. The van der Waals surface area contributed by atoms with E-state index in [-0.39, 0.29) is 31.1 Å². The zero-order chi connectivity index (χ0) is 33.1. The molecule has 1 unspecified atom stereocenters. The van der Waals surface area contributed by atoms with Crippen LogP contribution in [0.2, 0.25) is 10.0 Å². The van der Waals surface area contributed by atoms with Gasteiger partial charge in [0.1, 0.15) is 42.2 Å². The Hall–Kier alpha value is -4.39. The summed E-state index contributed by atoms with van der Waals surface area (Å²) in [7, 11) is 0. The Kier molecular flexibility index (Phi) is 12.6. The highest BCUT2D eigenvalue weighted by molar-refractivity contribution is 6.34. The first-order valence-corrected chi connectivity index (χ1v) is 15.1. The van der Waals surface area contributed by atoms with E-state index in [4.69, 9.17) is 59.1 Å². The smallest absolute Gasteiger partial charge is 0.323 e. The van der Waals surface area contributed by atoms with E-state index in [0.29, 0.717) is 52.4 Å². The Bertz CT molecular complexity index is 1670. The summed E-state index contributed by atoms with van der Waals surface area (Å²) in [6, 6.07) is 20.3. The summed E-state index contributed by atoms with van der Waals surface area (Å²) in [5, 5.41) is 24.6. The molecule has 242 valence electrons. The molecule has 4 aromatic carbocycles. The second-order valence-electron chi connectivity index (χ2n) is 10.2. The highest BCUT2D eigenvalue weighted by Crippen LogP contribution is 2.36. The lowest BCUT2D eigenvalue weighted by molar-refractivity contribution is -0.140. The third-order valence-corrected chi connectivity index (χ3v) is 7.73. The van der Waals surface area contributed by atoms with Gasteiger partial charge in [-0.1, -0.05) is 59.6 Å². The van der Waals surface area contributed by atoms with Crippen LogP contribution in [-0.4, -0.2) is 42.0 Å². The van der Waals surface area contributed by atoms with Crippen molar-refractivity contribution in [3.63, 3.8) is 0 Å². The van der Waals surface area contributed by atoms with Gasteiger partial charge in [-0.15, -0.1) is 4.91 Å². The van der Waals surface area contributed by atoms with E-state index in [1.54, 1.807) is 24.3 Å². The van der Waals surface area contributed by atoms with Crippen molar-refractivity contribution in [2.45, 2.75) is 32.2 Å². The molecule has 4 aromatic rings. The predicted molar refractivity (Wildman–Crippen MR) is 178 cm³/mol. The minimum atomic E-state index is -1.10. The third-order valence-electron chi connectivity index (χ3n) is 6.99. The Morgan fingerprint density at radius 2 is 1.72 bits per heavy atom. The van der Waals surface area contributed by atoms with Gasteiger partial charge in [0.15, 0.2) is 0 Å². The second kappa shape index (κ2) is 16.8. The zero-order valence-corrected chi connectivity index (χ0v) is 26.3. The van der Waals surface area contributed by atoms with Gasteiger partial charge in [-0.25, -0.2) is 0 Å². The highest BCUT2D eigenvalue weighted by Gasteiger charge is 2.16. The number of nitrogens with one attached hydrogen (secondary N) is 1. The van der Waals surface area contributed by atoms with Crippen molar-refractivity contribution in [3.8, 4) is 28.4 Å². The number of nitrogen functional groups attached to an aromatic ring is 1. The molecular weight excluding hydrogens is 635 g/mol.